The molecule has 5 nitrogen and oxygen atoms in total. The van der Waals surface area contributed by atoms with Crippen LogP contribution < -0.4 is 5.32 Å². The van der Waals surface area contributed by atoms with Gasteiger partial charge in [0.25, 0.3) is 0 Å². The molecule has 0 aliphatic carbocycles. The van der Waals surface area contributed by atoms with Crippen LogP contribution in [0, 0.1) is 0 Å². The summed E-state index contributed by atoms with van der Waals surface area (Å²) in [5.41, 5.74) is 1.98. The van der Waals surface area contributed by atoms with Gasteiger partial charge < -0.3 is 15.3 Å². The smallest absolute Gasteiger partial charge is 0.323 e. The van der Waals surface area contributed by atoms with Crippen LogP contribution in [0.1, 0.15) is 109 Å². The van der Waals surface area contributed by atoms with Gasteiger partial charge in [0, 0.05) is 18.8 Å². The number of anilines is 1. The Morgan fingerprint density at radius 2 is 1.24 bits per heavy atom. The fourth-order valence-electron chi connectivity index (χ4n) is 4.12. The van der Waals surface area contributed by atoms with Crippen LogP contribution in [-0.2, 0) is 16.0 Å². The summed E-state index contributed by atoms with van der Waals surface area (Å²) in [5, 5.41) is 12.4. The van der Waals surface area contributed by atoms with Gasteiger partial charge in [-0.15, -0.1) is 0 Å². The summed E-state index contributed by atoms with van der Waals surface area (Å²) >= 11 is 0. The van der Waals surface area contributed by atoms with Gasteiger partial charge in [-0.25, -0.2) is 0 Å². The first kappa shape index (κ1) is 29.0. The predicted octanol–water partition coefficient (Wildman–Crippen LogP) is 7.06. The number of amides is 1. The number of nitrogens with zero attached hydrogens (tertiary/aromatic N) is 1. The van der Waals surface area contributed by atoms with Crippen molar-refractivity contribution in [1.82, 2.24) is 4.90 Å². The molecule has 188 valence electrons. The second-order valence-electron chi connectivity index (χ2n) is 9.20. The average molecular weight is 461 g/mol. The van der Waals surface area contributed by atoms with Crippen molar-refractivity contribution in [3.63, 3.8) is 0 Å². The first-order chi connectivity index (χ1) is 16.1. The largest absolute Gasteiger partial charge is 0.480 e. The van der Waals surface area contributed by atoms with Gasteiger partial charge in [0.2, 0.25) is 5.91 Å². The van der Waals surface area contributed by atoms with Crippen molar-refractivity contribution in [1.29, 1.82) is 0 Å². The van der Waals surface area contributed by atoms with E-state index in [0.29, 0.717) is 6.54 Å². The number of aliphatic carboxylic acids is 1. The molecule has 1 aromatic carbocycles. The molecule has 33 heavy (non-hydrogen) atoms. The zero-order valence-corrected chi connectivity index (χ0v) is 21.2. The molecule has 2 N–H and O–H groups in total. The standard InChI is InChI=1S/C28H48N2O3/c1-3-5-6-7-8-9-10-11-12-13-14-15-16-17-22-29-26-20-18-25(19-21-26)23-27(31)30(4-2)24-28(32)33/h18-21,29H,3-17,22-24H2,1-2H3,(H,32,33). The Kier molecular flexibility index (Phi) is 17.1. The Morgan fingerprint density at radius 1 is 0.758 bits per heavy atom. The van der Waals surface area contributed by atoms with Crippen molar-refractivity contribution in [2.24, 2.45) is 0 Å². The maximum atomic E-state index is 12.2. The summed E-state index contributed by atoms with van der Waals surface area (Å²) in [4.78, 5) is 24.5. The zero-order chi connectivity index (χ0) is 24.2. The molecule has 0 bridgehead atoms. The van der Waals surface area contributed by atoms with Crippen LogP contribution in [0.3, 0.4) is 0 Å². The lowest BCUT2D eigenvalue weighted by atomic mass is 10.0. The zero-order valence-electron chi connectivity index (χ0n) is 21.2. The number of carbonyl (C=O) groups is 2. The average Bonchev–Trinajstić information content (AvgIpc) is 2.80. The molecule has 1 amide bonds. The third-order valence-corrected chi connectivity index (χ3v) is 6.23. The number of hydrogen-bond donors (Lipinski definition) is 2. The van der Waals surface area contributed by atoms with E-state index in [1.54, 1.807) is 6.92 Å². The highest BCUT2D eigenvalue weighted by atomic mass is 16.4. The van der Waals surface area contributed by atoms with Crippen LogP contribution in [0.4, 0.5) is 5.69 Å². The topological polar surface area (TPSA) is 69.6 Å². The number of carbonyl (C=O) groups excluding carboxylic acids is 1. The Hall–Kier alpha value is -2.04. The molecule has 0 aromatic heterocycles. The minimum Gasteiger partial charge on any atom is -0.480 e. The van der Waals surface area contributed by atoms with Gasteiger partial charge in [-0.05, 0) is 31.0 Å². The van der Waals surface area contributed by atoms with Gasteiger partial charge in [0.1, 0.15) is 6.54 Å². The molecule has 0 atom stereocenters. The Morgan fingerprint density at radius 3 is 1.70 bits per heavy atom. The molecule has 0 spiro atoms. The maximum Gasteiger partial charge on any atom is 0.323 e. The molecule has 0 heterocycles. The number of likely N-dealkylation sites (N-methyl/N-ethyl adjacent to an activating group) is 1. The molecule has 0 saturated heterocycles. The van der Waals surface area contributed by atoms with Crippen molar-refractivity contribution < 1.29 is 14.7 Å². The van der Waals surface area contributed by atoms with Gasteiger partial charge in [-0.3, -0.25) is 9.59 Å². The van der Waals surface area contributed by atoms with Crippen molar-refractivity contribution >= 4 is 17.6 Å². The van der Waals surface area contributed by atoms with Crippen LogP contribution >= 0.6 is 0 Å². The summed E-state index contributed by atoms with van der Waals surface area (Å²) < 4.78 is 0. The molecule has 1 aromatic rings. The van der Waals surface area contributed by atoms with E-state index in [9.17, 15) is 9.59 Å². The highest BCUT2D eigenvalue weighted by Crippen LogP contribution is 2.14. The predicted molar refractivity (Wildman–Crippen MR) is 139 cm³/mol. The van der Waals surface area contributed by atoms with Crippen LogP contribution in [0.25, 0.3) is 0 Å². The Balaban J connectivity index is 2.02. The second-order valence-corrected chi connectivity index (χ2v) is 9.20. The number of carboxylic acids is 1. The summed E-state index contributed by atoms with van der Waals surface area (Å²) in [6.45, 7) is 5.21. The Labute approximate surface area is 202 Å². The fraction of sp³-hybridized carbons (Fsp3) is 0.714. The van der Waals surface area contributed by atoms with Crippen LogP contribution in [0.2, 0.25) is 0 Å². The lowest BCUT2D eigenvalue weighted by Crippen LogP contribution is -2.36. The molecule has 0 aliphatic heterocycles. The van der Waals surface area contributed by atoms with Crippen molar-refractivity contribution in [3.8, 4) is 0 Å². The van der Waals surface area contributed by atoms with Crippen LogP contribution in [0.5, 0.6) is 0 Å². The number of rotatable bonds is 21. The first-order valence-electron chi connectivity index (χ1n) is 13.4. The number of unbranched alkanes of at least 4 members (excludes halogenated alkanes) is 13. The second kappa shape index (κ2) is 19.4. The van der Waals surface area contributed by atoms with E-state index in [2.05, 4.69) is 12.2 Å². The summed E-state index contributed by atoms with van der Waals surface area (Å²) in [6, 6.07) is 7.89. The highest BCUT2D eigenvalue weighted by Gasteiger charge is 2.15. The summed E-state index contributed by atoms with van der Waals surface area (Å²) in [7, 11) is 0. The van der Waals surface area contributed by atoms with Gasteiger partial charge in [0.15, 0.2) is 0 Å². The van der Waals surface area contributed by atoms with Crippen LogP contribution in [0.15, 0.2) is 24.3 Å². The fourth-order valence-corrected chi connectivity index (χ4v) is 4.12. The molecule has 0 fully saturated rings. The van der Waals surface area contributed by atoms with E-state index in [1.807, 2.05) is 24.3 Å². The quantitative estimate of drug-likeness (QED) is 0.193. The number of benzene rings is 1. The lowest BCUT2D eigenvalue weighted by molar-refractivity contribution is -0.144. The number of nitrogens with one attached hydrogen (secondary N) is 1. The van der Waals surface area contributed by atoms with Gasteiger partial charge >= 0.3 is 5.97 Å². The summed E-state index contributed by atoms with van der Waals surface area (Å²) in [6.07, 6.45) is 19.4. The monoisotopic (exact) mass is 460 g/mol. The number of hydrogen-bond acceptors (Lipinski definition) is 3. The first-order valence-corrected chi connectivity index (χ1v) is 13.4. The molecular weight excluding hydrogens is 412 g/mol. The minimum atomic E-state index is -0.978. The van der Waals surface area contributed by atoms with E-state index in [-0.39, 0.29) is 18.9 Å². The molecule has 0 saturated carbocycles. The SMILES string of the molecule is CCCCCCCCCCCCCCCCNc1ccc(CC(=O)N(CC)CC(=O)O)cc1. The normalized spacial score (nSPS) is 10.8. The van der Waals surface area contributed by atoms with E-state index in [0.717, 1.165) is 17.8 Å². The van der Waals surface area contributed by atoms with Crippen molar-refractivity contribution in [2.75, 3.05) is 25.0 Å². The van der Waals surface area contributed by atoms with Gasteiger partial charge in [0.05, 0.1) is 6.42 Å². The van der Waals surface area contributed by atoms with Crippen molar-refractivity contribution in [3.05, 3.63) is 29.8 Å². The molecule has 1 rings (SSSR count). The van der Waals surface area contributed by atoms with Crippen molar-refractivity contribution in [2.45, 2.75) is 110 Å². The molecule has 5 heteroatoms. The van der Waals surface area contributed by atoms with Gasteiger partial charge in [-0.1, -0.05) is 103 Å². The van der Waals surface area contributed by atoms with Crippen LogP contribution in [-0.4, -0.2) is 41.5 Å². The molecule has 0 unspecified atom stereocenters. The summed E-state index contributed by atoms with van der Waals surface area (Å²) in [5.74, 6) is -1.13. The molecule has 0 aliphatic rings. The van der Waals surface area contributed by atoms with E-state index in [1.165, 1.54) is 94.8 Å². The third kappa shape index (κ3) is 15.4. The number of carboxylic acid groups (broad SMARTS) is 1. The van der Waals surface area contributed by atoms with E-state index in [4.69, 9.17) is 5.11 Å². The highest BCUT2D eigenvalue weighted by molar-refractivity contribution is 5.83. The lowest BCUT2D eigenvalue weighted by Gasteiger charge is -2.18. The van der Waals surface area contributed by atoms with E-state index >= 15 is 0 Å². The molecule has 0 radical (unpaired) electrons. The van der Waals surface area contributed by atoms with E-state index < -0.39 is 5.97 Å². The maximum absolute atomic E-state index is 12.2. The minimum absolute atomic E-state index is 0.150. The Bertz CT molecular complexity index is 631. The molecular formula is C28H48N2O3. The third-order valence-electron chi connectivity index (χ3n) is 6.23. The van der Waals surface area contributed by atoms with Gasteiger partial charge in [-0.2, -0.15) is 0 Å².